The van der Waals surface area contributed by atoms with Gasteiger partial charge in [0.25, 0.3) is 0 Å². The molecule has 1 amide bonds. The maximum atomic E-state index is 14.0. The molecule has 1 unspecified atom stereocenters. The molecule has 0 spiro atoms. The molecule has 0 heterocycles. The maximum Gasteiger partial charge on any atom is 0.306 e. The van der Waals surface area contributed by atoms with E-state index in [2.05, 4.69) is 5.32 Å². The summed E-state index contributed by atoms with van der Waals surface area (Å²) >= 11 is 0. The van der Waals surface area contributed by atoms with Crippen LogP contribution in [-0.2, 0) is 9.59 Å². The highest BCUT2D eigenvalue weighted by Crippen LogP contribution is 2.31. The molecule has 4 nitrogen and oxygen atoms in total. The number of carboxylic acid groups (broad SMARTS) is 1. The lowest BCUT2D eigenvalue weighted by Gasteiger charge is -2.29. The zero-order chi connectivity index (χ0) is 17.9. The van der Waals surface area contributed by atoms with Crippen molar-refractivity contribution in [2.75, 3.05) is 0 Å². The smallest absolute Gasteiger partial charge is 0.306 e. The number of aliphatic carboxylic acids is 1. The molecular formula is C18H23F2NO3. The summed E-state index contributed by atoms with van der Waals surface area (Å²) < 4.78 is 27.1. The highest BCUT2D eigenvalue weighted by Gasteiger charge is 2.31. The second-order valence-corrected chi connectivity index (χ2v) is 6.78. The van der Waals surface area contributed by atoms with Crippen molar-refractivity contribution in [2.45, 2.75) is 45.6 Å². The SMILES string of the molecule is CC(C)C(NC(=O)C1CCC(C(=O)O)CC1)c1ccc(F)cc1F. The molecule has 2 N–H and O–H groups in total. The zero-order valence-corrected chi connectivity index (χ0v) is 13.9. The largest absolute Gasteiger partial charge is 0.481 e. The topological polar surface area (TPSA) is 66.4 Å². The highest BCUT2D eigenvalue weighted by molar-refractivity contribution is 5.79. The molecule has 1 atom stereocenters. The minimum atomic E-state index is -0.817. The van der Waals surface area contributed by atoms with Gasteiger partial charge in [0.2, 0.25) is 5.91 Å². The standard InChI is InChI=1S/C18H23F2NO3/c1-10(2)16(14-8-7-13(19)9-15(14)20)21-17(22)11-3-5-12(6-4-11)18(23)24/h7-12,16H,3-6H2,1-2H3,(H,21,22)(H,23,24). The van der Waals surface area contributed by atoms with Crippen LogP contribution in [0.1, 0.15) is 51.1 Å². The molecule has 1 aliphatic rings. The lowest BCUT2D eigenvalue weighted by molar-refractivity contribution is -0.144. The van der Waals surface area contributed by atoms with Crippen molar-refractivity contribution in [3.05, 3.63) is 35.4 Å². The third-order valence-corrected chi connectivity index (χ3v) is 4.71. The van der Waals surface area contributed by atoms with Crippen LogP contribution in [0.3, 0.4) is 0 Å². The molecular weight excluding hydrogens is 316 g/mol. The minimum Gasteiger partial charge on any atom is -0.481 e. The summed E-state index contributed by atoms with van der Waals surface area (Å²) in [6.45, 7) is 3.71. The summed E-state index contributed by atoms with van der Waals surface area (Å²) in [5.74, 6) is -3.05. The summed E-state index contributed by atoms with van der Waals surface area (Å²) in [7, 11) is 0. The number of carboxylic acids is 1. The Morgan fingerprint density at radius 3 is 2.21 bits per heavy atom. The first-order chi connectivity index (χ1) is 11.3. The van der Waals surface area contributed by atoms with Crippen LogP contribution in [0.4, 0.5) is 8.78 Å². The van der Waals surface area contributed by atoms with Gasteiger partial charge < -0.3 is 10.4 Å². The van der Waals surface area contributed by atoms with Crippen LogP contribution in [0.15, 0.2) is 18.2 Å². The predicted octanol–water partition coefficient (Wildman–Crippen LogP) is 3.67. The third-order valence-electron chi connectivity index (χ3n) is 4.71. The molecule has 1 fully saturated rings. The van der Waals surface area contributed by atoms with Crippen LogP contribution in [0.2, 0.25) is 0 Å². The van der Waals surface area contributed by atoms with Gasteiger partial charge >= 0.3 is 5.97 Å². The van der Waals surface area contributed by atoms with E-state index in [0.29, 0.717) is 25.7 Å². The van der Waals surface area contributed by atoms with Crippen molar-refractivity contribution in [1.29, 1.82) is 0 Å². The summed E-state index contributed by atoms with van der Waals surface area (Å²) in [4.78, 5) is 23.5. The number of hydrogen-bond acceptors (Lipinski definition) is 2. The average molecular weight is 339 g/mol. The molecule has 2 rings (SSSR count). The Morgan fingerprint density at radius 1 is 1.12 bits per heavy atom. The second-order valence-electron chi connectivity index (χ2n) is 6.78. The lowest BCUT2D eigenvalue weighted by Crippen LogP contribution is -2.38. The van der Waals surface area contributed by atoms with E-state index in [-0.39, 0.29) is 29.2 Å². The van der Waals surface area contributed by atoms with Crippen LogP contribution in [0.25, 0.3) is 0 Å². The van der Waals surface area contributed by atoms with Gasteiger partial charge in [0.05, 0.1) is 12.0 Å². The fourth-order valence-electron chi connectivity index (χ4n) is 3.23. The second kappa shape index (κ2) is 7.73. The summed E-state index contributed by atoms with van der Waals surface area (Å²) in [6.07, 6.45) is 1.98. The monoisotopic (exact) mass is 339 g/mol. The van der Waals surface area contributed by atoms with E-state index in [1.165, 1.54) is 12.1 Å². The third kappa shape index (κ3) is 4.30. The van der Waals surface area contributed by atoms with E-state index in [1.54, 1.807) is 0 Å². The number of carbonyl (C=O) groups is 2. The Kier molecular flexibility index (Phi) is 5.91. The van der Waals surface area contributed by atoms with Crippen LogP contribution in [-0.4, -0.2) is 17.0 Å². The number of rotatable bonds is 5. The lowest BCUT2D eigenvalue weighted by atomic mass is 9.81. The molecule has 1 aromatic rings. The van der Waals surface area contributed by atoms with E-state index >= 15 is 0 Å². The number of hydrogen-bond donors (Lipinski definition) is 2. The molecule has 0 aliphatic heterocycles. The van der Waals surface area contributed by atoms with Crippen LogP contribution < -0.4 is 5.32 Å². The minimum absolute atomic E-state index is 0.0655. The van der Waals surface area contributed by atoms with Gasteiger partial charge in [-0.05, 0) is 37.7 Å². The van der Waals surface area contributed by atoms with Crippen molar-refractivity contribution in [2.24, 2.45) is 17.8 Å². The first-order valence-electron chi connectivity index (χ1n) is 8.27. The predicted molar refractivity (Wildman–Crippen MR) is 85.2 cm³/mol. The van der Waals surface area contributed by atoms with E-state index < -0.39 is 23.6 Å². The van der Waals surface area contributed by atoms with Crippen LogP contribution in [0, 0.1) is 29.4 Å². The van der Waals surface area contributed by atoms with Crippen LogP contribution >= 0.6 is 0 Å². The first-order valence-corrected chi connectivity index (χ1v) is 8.27. The van der Waals surface area contributed by atoms with E-state index in [1.807, 2.05) is 13.8 Å². The van der Waals surface area contributed by atoms with Gasteiger partial charge in [0, 0.05) is 17.5 Å². The van der Waals surface area contributed by atoms with E-state index in [0.717, 1.165) is 6.07 Å². The molecule has 24 heavy (non-hydrogen) atoms. The van der Waals surface area contributed by atoms with Crippen molar-refractivity contribution in [3.8, 4) is 0 Å². The Labute approximate surface area is 140 Å². The molecule has 1 aliphatic carbocycles. The van der Waals surface area contributed by atoms with Gasteiger partial charge in [-0.15, -0.1) is 0 Å². The molecule has 0 radical (unpaired) electrons. The van der Waals surface area contributed by atoms with Crippen molar-refractivity contribution >= 4 is 11.9 Å². The number of halogens is 2. The number of amides is 1. The number of carbonyl (C=O) groups excluding carboxylic acids is 1. The van der Waals surface area contributed by atoms with Gasteiger partial charge in [-0.25, -0.2) is 8.78 Å². The number of nitrogens with one attached hydrogen (secondary N) is 1. The zero-order valence-electron chi connectivity index (χ0n) is 13.9. The van der Waals surface area contributed by atoms with Crippen molar-refractivity contribution < 1.29 is 23.5 Å². The Hall–Kier alpha value is -1.98. The summed E-state index contributed by atoms with van der Waals surface area (Å²) in [6, 6.07) is 2.81. The maximum absolute atomic E-state index is 14.0. The summed E-state index contributed by atoms with van der Waals surface area (Å²) in [5.41, 5.74) is 0.263. The normalized spacial score (nSPS) is 22.2. The Bertz CT molecular complexity index is 610. The van der Waals surface area contributed by atoms with Gasteiger partial charge in [-0.2, -0.15) is 0 Å². The van der Waals surface area contributed by atoms with Gasteiger partial charge in [0.1, 0.15) is 11.6 Å². The molecule has 0 bridgehead atoms. The van der Waals surface area contributed by atoms with Gasteiger partial charge in [-0.1, -0.05) is 19.9 Å². The first kappa shape index (κ1) is 18.4. The van der Waals surface area contributed by atoms with Crippen molar-refractivity contribution in [3.63, 3.8) is 0 Å². The van der Waals surface area contributed by atoms with Crippen LogP contribution in [0.5, 0.6) is 0 Å². The molecule has 1 aromatic carbocycles. The molecule has 0 aromatic heterocycles. The Balaban J connectivity index is 2.06. The van der Waals surface area contributed by atoms with Gasteiger partial charge in [-0.3, -0.25) is 9.59 Å². The fourth-order valence-corrected chi connectivity index (χ4v) is 3.23. The average Bonchev–Trinajstić information content (AvgIpc) is 2.53. The quantitative estimate of drug-likeness (QED) is 0.860. The van der Waals surface area contributed by atoms with Crippen molar-refractivity contribution in [1.82, 2.24) is 5.32 Å². The fraction of sp³-hybridized carbons (Fsp3) is 0.556. The molecule has 6 heteroatoms. The summed E-state index contributed by atoms with van der Waals surface area (Å²) in [5, 5.41) is 11.9. The van der Waals surface area contributed by atoms with Gasteiger partial charge in [0.15, 0.2) is 0 Å². The van der Waals surface area contributed by atoms with E-state index in [4.69, 9.17) is 5.11 Å². The highest BCUT2D eigenvalue weighted by atomic mass is 19.1. The van der Waals surface area contributed by atoms with E-state index in [9.17, 15) is 18.4 Å². The number of benzene rings is 1. The molecule has 0 saturated heterocycles. The Morgan fingerprint density at radius 2 is 1.71 bits per heavy atom. The molecule has 132 valence electrons. The molecule has 1 saturated carbocycles.